The Morgan fingerprint density at radius 3 is 1.89 bits per heavy atom. The third kappa shape index (κ3) is 4.06. The molecule has 0 amide bonds. The second-order valence-electron chi connectivity index (χ2n) is 17.0. The van der Waals surface area contributed by atoms with E-state index in [1.807, 2.05) is 0 Å². The van der Waals surface area contributed by atoms with E-state index in [-0.39, 0.29) is 5.41 Å². The van der Waals surface area contributed by atoms with E-state index in [1.165, 1.54) is 76.4 Å². The average molecular weight is 709 g/mol. The van der Waals surface area contributed by atoms with Crippen molar-refractivity contribution in [3.63, 3.8) is 0 Å². The summed E-state index contributed by atoms with van der Waals surface area (Å²) in [6.07, 6.45) is 6.96. The number of anilines is 3. The summed E-state index contributed by atoms with van der Waals surface area (Å²) in [7, 11) is 0. The minimum atomic E-state index is 0.0960. The molecule has 2 heterocycles. The molecule has 0 atom stereocenters. The van der Waals surface area contributed by atoms with Crippen LogP contribution in [0.4, 0.5) is 17.1 Å². The molecule has 2 aromatic heterocycles. The van der Waals surface area contributed by atoms with Crippen LogP contribution in [0, 0.1) is 23.7 Å². The lowest BCUT2D eigenvalue weighted by Crippen LogP contribution is -2.55. The van der Waals surface area contributed by atoms with Gasteiger partial charge in [-0.15, -0.1) is 0 Å². The molecule has 1 spiro atoms. The van der Waals surface area contributed by atoms with Crippen LogP contribution in [0.15, 0.2) is 162 Å². The molecule has 5 aliphatic carbocycles. The fourth-order valence-electron chi connectivity index (χ4n) is 12.5. The van der Waals surface area contributed by atoms with Gasteiger partial charge in [0.1, 0.15) is 11.2 Å². The van der Waals surface area contributed by atoms with Crippen molar-refractivity contribution < 1.29 is 4.42 Å². The van der Waals surface area contributed by atoms with E-state index >= 15 is 0 Å². The van der Waals surface area contributed by atoms with Gasteiger partial charge in [-0.25, -0.2) is 0 Å². The quantitative estimate of drug-likeness (QED) is 0.181. The first-order valence-corrected chi connectivity index (χ1v) is 20.3. The normalized spacial score (nSPS) is 23.3. The zero-order valence-electron chi connectivity index (χ0n) is 30.7. The lowest BCUT2D eigenvalue weighted by Gasteiger charge is -2.61. The molecule has 4 fully saturated rings. The standard InChI is InChI=1S/C52H40N2O/c1-2-10-36(11-3-1)54-48-16-8-5-13-42(48)44-29-37(19-22-49(44)54)53(38-20-23-51-45(30-38)43-14-6-9-17-50(43)55-51)39-18-21-41-40-12-4-7-15-46(40)52(47(41)31-39)34-25-32-24-33(27-34)28-35(52)26-32/h1-23,29-35H,24-28H2. The van der Waals surface area contributed by atoms with Crippen LogP contribution < -0.4 is 4.90 Å². The maximum atomic E-state index is 6.35. The summed E-state index contributed by atoms with van der Waals surface area (Å²) in [6, 6.07) is 58.8. The van der Waals surface area contributed by atoms with Gasteiger partial charge in [0.05, 0.1) is 11.0 Å². The highest BCUT2D eigenvalue weighted by Gasteiger charge is 2.61. The van der Waals surface area contributed by atoms with Gasteiger partial charge in [0.2, 0.25) is 0 Å². The Kier molecular flexibility index (Phi) is 6.06. The highest BCUT2D eigenvalue weighted by molar-refractivity contribution is 6.11. The van der Waals surface area contributed by atoms with Crippen molar-refractivity contribution in [2.45, 2.75) is 37.5 Å². The number of fused-ring (bicyclic) bond motifs is 9. The van der Waals surface area contributed by atoms with Crippen LogP contribution in [0.5, 0.6) is 0 Å². The van der Waals surface area contributed by atoms with Crippen molar-refractivity contribution in [2.75, 3.05) is 4.90 Å². The van der Waals surface area contributed by atoms with Crippen molar-refractivity contribution in [3.05, 3.63) is 169 Å². The van der Waals surface area contributed by atoms with E-state index in [0.717, 1.165) is 45.1 Å². The SMILES string of the molecule is c1ccc(-n2c3ccccc3c3cc(N(c4ccc5c(c4)C4(c6ccccc6-5)C5CC6CC(C5)CC4C6)c4ccc5oc6ccccc6c5c4)ccc32)cc1. The number of hydrogen-bond donors (Lipinski definition) is 0. The molecule has 264 valence electrons. The van der Waals surface area contributed by atoms with E-state index in [1.54, 1.807) is 11.1 Å². The zero-order valence-corrected chi connectivity index (χ0v) is 30.7. The summed E-state index contributed by atoms with van der Waals surface area (Å²) < 4.78 is 8.76. The monoisotopic (exact) mass is 708 g/mol. The van der Waals surface area contributed by atoms with Crippen molar-refractivity contribution in [2.24, 2.45) is 23.7 Å². The number of rotatable bonds is 4. The van der Waals surface area contributed by atoms with Crippen molar-refractivity contribution >= 4 is 60.8 Å². The summed E-state index contributed by atoms with van der Waals surface area (Å²) in [5, 5.41) is 4.81. The second kappa shape index (κ2) is 11.0. The molecule has 0 aliphatic heterocycles. The number of benzene rings is 7. The predicted molar refractivity (Wildman–Crippen MR) is 226 cm³/mol. The maximum absolute atomic E-state index is 6.35. The maximum Gasteiger partial charge on any atom is 0.135 e. The second-order valence-corrected chi connectivity index (χ2v) is 17.0. The minimum Gasteiger partial charge on any atom is -0.456 e. The number of hydrogen-bond acceptors (Lipinski definition) is 2. The van der Waals surface area contributed by atoms with Gasteiger partial charge in [-0.1, -0.05) is 84.9 Å². The van der Waals surface area contributed by atoms with E-state index in [9.17, 15) is 0 Å². The molecule has 3 nitrogen and oxygen atoms in total. The Morgan fingerprint density at radius 1 is 0.455 bits per heavy atom. The summed E-state index contributed by atoms with van der Waals surface area (Å²) in [5.41, 5.74) is 15.1. The molecule has 5 aliphatic rings. The van der Waals surface area contributed by atoms with E-state index in [2.05, 4.69) is 167 Å². The van der Waals surface area contributed by atoms with Crippen LogP contribution in [-0.2, 0) is 5.41 Å². The fourth-order valence-corrected chi connectivity index (χ4v) is 12.5. The molecule has 3 heteroatoms. The topological polar surface area (TPSA) is 21.3 Å². The van der Waals surface area contributed by atoms with Gasteiger partial charge in [0.15, 0.2) is 0 Å². The lowest BCUT2D eigenvalue weighted by atomic mass is 9.43. The summed E-state index contributed by atoms with van der Waals surface area (Å²) >= 11 is 0. The Balaban J connectivity index is 1.06. The van der Waals surface area contributed by atoms with Gasteiger partial charge in [-0.3, -0.25) is 0 Å². The Hall–Kier alpha value is -6.06. The predicted octanol–water partition coefficient (Wildman–Crippen LogP) is 13.9. The molecule has 55 heavy (non-hydrogen) atoms. The first-order chi connectivity index (χ1) is 27.2. The van der Waals surface area contributed by atoms with Crippen LogP contribution in [-0.4, -0.2) is 4.57 Å². The third-order valence-corrected chi connectivity index (χ3v) is 14.3. The molecular formula is C52H40N2O. The first kappa shape index (κ1) is 30.3. The molecular weight excluding hydrogens is 669 g/mol. The van der Waals surface area contributed by atoms with Gasteiger partial charge in [-0.2, -0.15) is 0 Å². The van der Waals surface area contributed by atoms with Crippen LogP contribution in [0.25, 0.3) is 60.6 Å². The smallest absolute Gasteiger partial charge is 0.135 e. The molecule has 9 aromatic rings. The summed E-state index contributed by atoms with van der Waals surface area (Å²) in [4.78, 5) is 2.52. The minimum absolute atomic E-state index is 0.0960. The van der Waals surface area contributed by atoms with Gasteiger partial charge in [-0.05, 0) is 151 Å². The first-order valence-electron chi connectivity index (χ1n) is 20.3. The number of para-hydroxylation sites is 3. The van der Waals surface area contributed by atoms with E-state index in [4.69, 9.17) is 4.42 Å². The Bertz CT molecular complexity index is 2990. The van der Waals surface area contributed by atoms with Crippen molar-refractivity contribution in [1.29, 1.82) is 0 Å². The van der Waals surface area contributed by atoms with Gasteiger partial charge < -0.3 is 13.9 Å². The van der Waals surface area contributed by atoms with Crippen molar-refractivity contribution in [1.82, 2.24) is 4.57 Å². The Morgan fingerprint density at radius 2 is 1.05 bits per heavy atom. The molecule has 4 saturated carbocycles. The highest BCUT2D eigenvalue weighted by atomic mass is 16.3. The van der Waals surface area contributed by atoms with Crippen LogP contribution in [0.3, 0.4) is 0 Å². The molecule has 0 unspecified atom stereocenters. The molecule has 0 radical (unpaired) electrons. The largest absolute Gasteiger partial charge is 0.456 e. The van der Waals surface area contributed by atoms with E-state index < -0.39 is 0 Å². The fraction of sp³-hybridized carbons (Fsp3) is 0.192. The highest BCUT2D eigenvalue weighted by Crippen LogP contribution is 2.69. The summed E-state index contributed by atoms with van der Waals surface area (Å²) in [6.45, 7) is 0. The van der Waals surface area contributed by atoms with Crippen LogP contribution in [0.2, 0.25) is 0 Å². The van der Waals surface area contributed by atoms with Crippen LogP contribution in [0.1, 0.15) is 43.2 Å². The molecule has 4 bridgehead atoms. The third-order valence-electron chi connectivity index (χ3n) is 14.3. The van der Waals surface area contributed by atoms with Crippen LogP contribution >= 0.6 is 0 Å². The molecule has 14 rings (SSSR count). The lowest BCUT2D eigenvalue weighted by molar-refractivity contribution is -0.0399. The van der Waals surface area contributed by atoms with E-state index in [0.29, 0.717) is 11.8 Å². The van der Waals surface area contributed by atoms with Gasteiger partial charge in [0.25, 0.3) is 0 Å². The number of nitrogens with zero attached hydrogens (tertiary/aromatic N) is 2. The molecule has 7 aromatic carbocycles. The number of aromatic nitrogens is 1. The average Bonchev–Trinajstić information content (AvgIpc) is 3.86. The van der Waals surface area contributed by atoms with Crippen molar-refractivity contribution in [3.8, 4) is 16.8 Å². The zero-order chi connectivity index (χ0) is 35.8. The molecule has 0 saturated heterocycles. The molecule has 0 N–H and O–H groups in total. The Labute approximate surface area is 320 Å². The van der Waals surface area contributed by atoms with Gasteiger partial charge >= 0.3 is 0 Å². The summed E-state index contributed by atoms with van der Waals surface area (Å²) in [5.74, 6) is 3.24. The van der Waals surface area contributed by atoms with Gasteiger partial charge in [0, 0.05) is 49.7 Å². The number of furan rings is 1.